The molecule has 0 fully saturated rings. The summed E-state index contributed by atoms with van der Waals surface area (Å²) in [7, 11) is 0. The van der Waals surface area contributed by atoms with Crippen LogP contribution in [0, 0.1) is 5.41 Å². The average molecular weight is 222 g/mol. The number of nitrogens with one attached hydrogen (secondary N) is 1. The predicted octanol–water partition coefficient (Wildman–Crippen LogP) is 1.84. The van der Waals surface area contributed by atoms with Crippen LogP contribution in [0.5, 0.6) is 0 Å². The Hall–Kier alpha value is -1.42. The van der Waals surface area contributed by atoms with E-state index >= 15 is 0 Å². The minimum atomic E-state index is -0.798. The number of pyridine rings is 1. The SMILES string of the molecule is C[C@@H](NCC(C)(C)C(=O)O)c1ccccn1. The fourth-order valence-electron chi connectivity index (χ4n) is 1.22. The standard InChI is InChI=1S/C12H18N2O2/c1-9(10-6-4-5-7-13-10)14-8-12(2,3)11(15)16/h4-7,9,14H,8H2,1-3H3,(H,15,16)/t9-/m1/s1. The van der Waals surface area contributed by atoms with Gasteiger partial charge >= 0.3 is 5.97 Å². The van der Waals surface area contributed by atoms with Crippen molar-refractivity contribution in [3.63, 3.8) is 0 Å². The second-order valence-electron chi connectivity index (χ2n) is 4.55. The molecule has 0 amide bonds. The highest BCUT2D eigenvalue weighted by molar-refractivity contribution is 5.73. The molecule has 0 saturated carbocycles. The molecule has 1 aromatic heterocycles. The van der Waals surface area contributed by atoms with E-state index in [0.717, 1.165) is 5.69 Å². The number of carboxylic acid groups (broad SMARTS) is 1. The quantitative estimate of drug-likeness (QED) is 0.798. The van der Waals surface area contributed by atoms with Crippen LogP contribution in [-0.2, 0) is 4.79 Å². The van der Waals surface area contributed by atoms with Crippen molar-refractivity contribution in [2.45, 2.75) is 26.8 Å². The van der Waals surface area contributed by atoms with Gasteiger partial charge in [-0.25, -0.2) is 0 Å². The summed E-state index contributed by atoms with van der Waals surface area (Å²) in [5, 5.41) is 12.1. The molecular formula is C12H18N2O2. The molecule has 4 heteroatoms. The van der Waals surface area contributed by atoms with Crippen molar-refractivity contribution >= 4 is 5.97 Å². The third kappa shape index (κ3) is 3.31. The Morgan fingerprint density at radius 1 is 1.56 bits per heavy atom. The Morgan fingerprint density at radius 3 is 2.75 bits per heavy atom. The molecule has 1 heterocycles. The van der Waals surface area contributed by atoms with Crippen LogP contribution >= 0.6 is 0 Å². The fourth-order valence-corrected chi connectivity index (χ4v) is 1.22. The number of carbonyl (C=O) groups is 1. The molecule has 0 unspecified atom stereocenters. The number of carboxylic acids is 1. The molecule has 0 spiro atoms. The van der Waals surface area contributed by atoms with E-state index in [9.17, 15) is 4.79 Å². The van der Waals surface area contributed by atoms with Gasteiger partial charge in [-0.1, -0.05) is 6.07 Å². The maximum absolute atomic E-state index is 10.9. The number of aromatic nitrogens is 1. The highest BCUT2D eigenvalue weighted by Gasteiger charge is 2.27. The molecule has 16 heavy (non-hydrogen) atoms. The molecule has 0 radical (unpaired) electrons. The molecule has 1 rings (SSSR count). The van der Waals surface area contributed by atoms with Gasteiger partial charge in [0.15, 0.2) is 0 Å². The number of hydrogen-bond acceptors (Lipinski definition) is 3. The summed E-state index contributed by atoms with van der Waals surface area (Å²) in [6.07, 6.45) is 1.73. The summed E-state index contributed by atoms with van der Waals surface area (Å²) in [4.78, 5) is 15.1. The monoisotopic (exact) mass is 222 g/mol. The molecule has 88 valence electrons. The molecule has 1 atom stereocenters. The molecule has 4 nitrogen and oxygen atoms in total. The molecular weight excluding hydrogens is 204 g/mol. The summed E-state index contributed by atoms with van der Waals surface area (Å²) in [6, 6.07) is 5.76. The Kier molecular flexibility index (Phi) is 4.01. The minimum Gasteiger partial charge on any atom is -0.481 e. The first-order valence-electron chi connectivity index (χ1n) is 5.31. The second kappa shape index (κ2) is 5.07. The number of hydrogen-bond donors (Lipinski definition) is 2. The predicted molar refractivity (Wildman–Crippen MR) is 62.1 cm³/mol. The van der Waals surface area contributed by atoms with Gasteiger partial charge in [0.05, 0.1) is 11.1 Å². The van der Waals surface area contributed by atoms with Gasteiger partial charge < -0.3 is 10.4 Å². The summed E-state index contributed by atoms with van der Waals surface area (Å²) in [5.41, 5.74) is 0.159. The van der Waals surface area contributed by atoms with Crippen molar-refractivity contribution in [2.24, 2.45) is 5.41 Å². The topological polar surface area (TPSA) is 62.2 Å². The number of nitrogens with zero attached hydrogens (tertiary/aromatic N) is 1. The van der Waals surface area contributed by atoms with Gasteiger partial charge in [-0.05, 0) is 32.9 Å². The first kappa shape index (κ1) is 12.6. The highest BCUT2D eigenvalue weighted by atomic mass is 16.4. The van der Waals surface area contributed by atoms with Crippen molar-refractivity contribution in [3.8, 4) is 0 Å². The molecule has 1 aromatic rings. The fraction of sp³-hybridized carbons (Fsp3) is 0.500. The van der Waals surface area contributed by atoms with Crippen LogP contribution in [0.2, 0.25) is 0 Å². The molecule has 2 N–H and O–H groups in total. The lowest BCUT2D eigenvalue weighted by Crippen LogP contribution is -2.37. The van der Waals surface area contributed by atoms with Gasteiger partial charge in [0.2, 0.25) is 0 Å². The smallest absolute Gasteiger partial charge is 0.310 e. The maximum atomic E-state index is 10.9. The normalized spacial score (nSPS) is 13.4. The summed E-state index contributed by atoms with van der Waals surface area (Å²) in [5.74, 6) is -0.798. The summed E-state index contributed by atoms with van der Waals surface area (Å²) < 4.78 is 0. The lowest BCUT2D eigenvalue weighted by Gasteiger charge is -2.22. The zero-order valence-corrected chi connectivity index (χ0v) is 9.90. The van der Waals surface area contributed by atoms with Crippen LogP contribution in [-0.4, -0.2) is 22.6 Å². The van der Waals surface area contributed by atoms with Crippen molar-refractivity contribution in [2.75, 3.05) is 6.54 Å². The average Bonchev–Trinajstić information content (AvgIpc) is 2.27. The van der Waals surface area contributed by atoms with E-state index in [0.29, 0.717) is 6.54 Å². The Morgan fingerprint density at radius 2 is 2.25 bits per heavy atom. The zero-order chi connectivity index (χ0) is 12.2. The second-order valence-corrected chi connectivity index (χ2v) is 4.55. The molecule has 0 aliphatic heterocycles. The van der Waals surface area contributed by atoms with E-state index in [4.69, 9.17) is 5.11 Å². The van der Waals surface area contributed by atoms with Crippen LogP contribution in [0.3, 0.4) is 0 Å². The number of aliphatic carboxylic acids is 1. The largest absolute Gasteiger partial charge is 0.481 e. The van der Waals surface area contributed by atoms with Crippen molar-refractivity contribution in [3.05, 3.63) is 30.1 Å². The third-order valence-corrected chi connectivity index (χ3v) is 2.56. The van der Waals surface area contributed by atoms with E-state index in [-0.39, 0.29) is 6.04 Å². The van der Waals surface area contributed by atoms with Gasteiger partial charge in [0.25, 0.3) is 0 Å². The lowest BCUT2D eigenvalue weighted by molar-refractivity contribution is -0.146. The Bertz CT molecular complexity index is 349. The van der Waals surface area contributed by atoms with Crippen LogP contribution in [0.1, 0.15) is 32.5 Å². The van der Waals surface area contributed by atoms with E-state index in [1.165, 1.54) is 0 Å². The molecule has 0 saturated heterocycles. The van der Waals surface area contributed by atoms with Gasteiger partial charge in [-0.3, -0.25) is 9.78 Å². The molecule has 0 bridgehead atoms. The molecule has 0 aliphatic rings. The third-order valence-electron chi connectivity index (χ3n) is 2.56. The molecule has 0 aromatic carbocycles. The summed E-state index contributed by atoms with van der Waals surface area (Å²) in [6.45, 7) is 5.79. The van der Waals surface area contributed by atoms with Crippen LogP contribution < -0.4 is 5.32 Å². The first-order chi connectivity index (χ1) is 7.43. The van der Waals surface area contributed by atoms with E-state index in [1.54, 1.807) is 20.0 Å². The van der Waals surface area contributed by atoms with Crippen LogP contribution in [0.4, 0.5) is 0 Å². The van der Waals surface area contributed by atoms with Crippen molar-refractivity contribution in [1.29, 1.82) is 0 Å². The van der Waals surface area contributed by atoms with Gasteiger partial charge in [0, 0.05) is 18.8 Å². The minimum absolute atomic E-state index is 0.0554. The van der Waals surface area contributed by atoms with Gasteiger partial charge in [0.1, 0.15) is 0 Å². The maximum Gasteiger partial charge on any atom is 0.310 e. The number of rotatable bonds is 5. The van der Waals surface area contributed by atoms with E-state index in [2.05, 4.69) is 10.3 Å². The first-order valence-corrected chi connectivity index (χ1v) is 5.31. The summed E-state index contributed by atoms with van der Waals surface area (Å²) >= 11 is 0. The van der Waals surface area contributed by atoms with Gasteiger partial charge in [-0.2, -0.15) is 0 Å². The lowest BCUT2D eigenvalue weighted by atomic mass is 9.93. The van der Waals surface area contributed by atoms with Gasteiger partial charge in [-0.15, -0.1) is 0 Å². The highest BCUT2D eigenvalue weighted by Crippen LogP contribution is 2.16. The molecule has 0 aliphatic carbocycles. The van der Waals surface area contributed by atoms with E-state index in [1.807, 2.05) is 25.1 Å². The Labute approximate surface area is 95.7 Å². The zero-order valence-electron chi connectivity index (χ0n) is 9.90. The van der Waals surface area contributed by atoms with Crippen molar-refractivity contribution in [1.82, 2.24) is 10.3 Å². The van der Waals surface area contributed by atoms with Crippen LogP contribution in [0.15, 0.2) is 24.4 Å². The van der Waals surface area contributed by atoms with Crippen LogP contribution in [0.25, 0.3) is 0 Å². The van der Waals surface area contributed by atoms with Crippen molar-refractivity contribution < 1.29 is 9.90 Å². The Balaban J connectivity index is 2.54. The van der Waals surface area contributed by atoms with E-state index < -0.39 is 11.4 Å².